The Hall–Kier alpha value is -1.33. The molecule has 20 heavy (non-hydrogen) atoms. The van der Waals surface area contributed by atoms with Gasteiger partial charge in [-0.15, -0.1) is 0 Å². The second-order valence-corrected chi connectivity index (χ2v) is 7.91. The van der Waals surface area contributed by atoms with Crippen LogP contribution < -0.4 is 4.90 Å². The molecule has 1 aliphatic heterocycles. The number of nitrogens with zero attached hydrogens (tertiary/aromatic N) is 1. The van der Waals surface area contributed by atoms with Crippen LogP contribution in [0.1, 0.15) is 24.4 Å². The fraction of sp³-hybridized carbons (Fsp3) is 0.333. The molecule has 106 valence electrons. The Balaban J connectivity index is 2.05. The Morgan fingerprint density at radius 2 is 2.05 bits per heavy atom. The number of rotatable bonds is 3. The standard InChI is InChI=1S/C15H17NO2S2/c1-20(17,18)15-7-3-2-5-14(15)16-9-4-6-13(16)12-8-10-19-11-12/h2-3,5,7-8,10-11,13H,4,6,9H2,1H3/t13-/m0/s1. The van der Waals surface area contributed by atoms with Crippen LogP contribution in [0, 0.1) is 0 Å². The number of sulfone groups is 1. The van der Waals surface area contributed by atoms with Gasteiger partial charge in [0.25, 0.3) is 0 Å². The highest BCUT2D eigenvalue weighted by Gasteiger charge is 2.29. The first-order valence-corrected chi connectivity index (χ1v) is 9.48. The van der Waals surface area contributed by atoms with E-state index in [1.54, 1.807) is 23.5 Å². The van der Waals surface area contributed by atoms with Crippen LogP contribution in [0.3, 0.4) is 0 Å². The molecule has 3 rings (SSSR count). The number of hydrogen-bond donors (Lipinski definition) is 0. The van der Waals surface area contributed by atoms with E-state index in [0.717, 1.165) is 25.1 Å². The Morgan fingerprint density at radius 3 is 2.75 bits per heavy atom. The number of para-hydroxylation sites is 1. The molecule has 2 heterocycles. The summed E-state index contributed by atoms with van der Waals surface area (Å²) in [7, 11) is -3.20. The Kier molecular flexibility index (Phi) is 3.56. The lowest BCUT2D eigenvalue weighted by molar-refractivity contribution is 0.601. The van der Waals surface area contributed by atoms with Gasteiger partial charge in [-0.1, -0.05) is 12.1 Å². The second-order valence-electron chi connectivity index (χ2n) is 5.15. The lowest BCUT2D eigenvalue weighted by Gasteiger charge is -2.28. The fourth-order valence-corrected chi connectivity index (χ4v) is 4.47. The van der Waals surface area contributed by atoms with Crippen molar-refractivity contribution < 1.29 is 8.42 Å². The molecule has 5 heteroatoms. The van der Waals surface area contributed by atoms with Crippen LogP contribution >= 0.6 is 11.3 Å². The molecule has 2 aromatic rings. The van der Waals surface area contributed by atoms with E-state index in [2.05, 4.69) is 21.7 Å². The van der Waals surface area contributed by atoms with E-state index < -0.39 is 9.84 Å². The second kappa shape index (κ2) is 5.22. The molecule has 1 saturated heterocycles. The molecule has 0 N–H and O–H groups in total. The van der Waals surface area contributed by atoms with Crippen molar-refractivity contribution in [2.24, 2.45) is 0 Å². The zero-order valence-corrected chi connectivity index (χ0v) is 13.0. The summed E-state index contributed by atoms with van der Waals surface area (Å²) in [5.74, 6) is 0. The minimum absolute atomic E-state index is 0.296. The largest absolute Gasteiger partial charge is 0.363 e. The third-order valence-electron chi connectivity index (χ3n) is 3.75. The van der Waals surface area contributed by atoms with Gasteiger partial charge < -0.3 is 4.90 Å². The van der Waals surface area contributed by atoms with Crippen molar-refractivity contribution in [3.05, 3.63) is 46.7 Å². The Bertz CT molecular complexity index is 692. The van der Waals surface area contributed by atoms with E-state index >= 15 is 0 Å². The minimum Gasteiger partial charge on any atom is -0.363 e. The molecule has 0 radical (unpaired) electrons. The Labute approximate surface area is 123 Å². The van der Waals surface area contributed by atoms with Gasteiger partial charge >= 0.3 is 0 Å². The van der Waals surface area contributed by atoms with Gasteiger partial charge in [0, 0.05) is 12.8 Å². The van der Waals surface area contributed by atoms with Crippen molar-refractivity contribution in [1.82, 2.24) is 0 Å². The van der Waals surface area contributed by atoms with E-state index in [1.807, 2.05) is 12.1 Å². The van der Waals surface area contributed by atoms with Crippen LogP contribution in [0.15, 0.2) is 46.0 Å². The van der Waals surface area contributed by atoms with Crippen molar-refractivity contribution in [2.75, 3.05) is 17.7 Å². The predicted octanol–water partition coefficient (Wildman–Crippen LogP) is 3.49. The van der Waals surface area contributed by atoms with Crippen molar-refractivity contribution >= 4 is 26.9 Å². The third kappa shape index (κ3) is 2.47. The molecule has 1 aromatic heterocycles. The summed E-state index contributed by atoms with van der Waals surface area (Å²) in [5, 5.41) is 4.24. The van der Waals surface area contributed by atoms with Crippen molar-refractivity contribution in [1.29, 1.82) is 0 Å². The summed E-state index contributed by atoms with van der Waals surface area (Å²) < 4.78 is 24.0. The van der Waals surface area contributed by atoms with Gasteiger partial charge in [0.15, 0.2) is 9.84 Å². The van der Waals surface area contributed by atoms with E-state index in [9.17, 15) is 8.42 Å². The summed E-state index contributed by atoms with van der Waals surface area (Å²) in [6, 6.07) is 9.75. The molecule has 3 nitrogen and oxygen atoms in total. The number of thiophene rings is 1. The van der Waals surface area contributed by atoms with E-state index in [4.69, 9.17) is 0 Å². The van der Waals surface area contributed by atoms with Gasteiger partial charge in [-0.2, -0.15) is 11.3 Å². The molecule has 0 saturated carbocycles. The van der Waals surface area contributed by atoms with E-state index in [0.29, 0.717) is 10.9 Å². The molecule has 0 aliphatic carbocycles. The molecular weight excluding hydrogens is 290 g/mol. The number of benzene rings is 1. The Morgan fingerprint density at radius 1 is 1.25 bits per heavy atom. The maximum Gasteiger partial charge on any atom is 0.177 e. The average Bonchev–Trinajstić information content (AvgIpc) is 3.08. The van der Waals surface area contributed by atoms with Crippen LogP contribution in [-0.2, 0) is 9.84 Å². The van der Waals surface area contributed by atoms with Gasteiger partial charge in [0.1, 0.15) is 0 Å². The third-order valence-corrected chi connectivity index (χ3v) is 5.60. The smallest absolute Gasteiger partial charge is 0.177 e. The quantitative estimate of drug-likeness (QED) is 0.871. The van der Waals surface area contributed by atoms with Gasteiger partial charge in [-0.25, -0.2) is 8.42 Å². The summed E-state index contributed by atoms with van der Waals surface area (Å²) in [6.45, 7) is 0.910. The van der Waals surface area contributed by atoms with E-state index in [1.165, 1.54) is 11.8 Å². The first-order chi connectivity index (χ1) is 9.57. The van der Waals surface area contributed by atoms with Gasteiger partial charge in [-0.05, 0) is 47.4 Å². The molecular formula is C15H17NO2S2. The van der Waals surface area contributed by atoms with Gasteiger partial charge in [0.2, 0.25) is 0 Å². The molecule has 0 unspecified atom stereocenters. The van der Waals surface area contributed by atoms with Crippen LogP contribution in [0.2, 0.25) is 0 Å². The number of hydrogen-bond acceptors (Lipinski definition) is 4. The highest BCUT2D eigenvalue weighted by atomic mass is 32.2. The summed E-state index contributed by atoms with van der Waals surface area (Å²) >= 11 is 1.69. The number of anilines is 1. The van der Waals surface area contributed by atoms with E-state index in [-0.39, 0.29) is 0 Å². The van der Waals surface area contributed by atoms with Crippen LogP contribution in [0.4, 0.5) is 5.69 Å². The molecule has 0 bridgehead atoms. The predicted molar refractivity (Wildman–Crippen MR) is 83.2 cm³/mol. The lowest BCUT2D eigenvalue weighted by Crippen LogP contribution is -2.24. The normalized spacial score (nSPS) is 19.4. The van der Waals surface area contributed by atoms with Crippen molar-refractivity contribution in [2.45, 2.75) is 23.8 Å². The topological polar surface area (TPSA) is 37.4 Å². The van der Waals surface area contributed by atoms with Crippen molar-refractivity contribution in [3.8, 4) is 0 Å². The zero-order valence-electron chi connectivity index (χ0n) is 11.3. The molecule has 1 fully saturated rings. The lowest BCUT2D eigenvalue weighted by atomic mass is 10.1. The monoisotopic (exact) mass is 307 g/mol. The summed E-state index contributed by atoms with van der Waals surface area (Å²) in [5.41, 5.74) is 2.12. The molecule has 1 atom stereocenters. The SMILES string of the molecule is CS(=O)(=O)c1ccccc1N1CCC[C@H]1c1ccsc1. The fourth-order valence-electron chi connectivity index (χ4n) is 2.87. The first kappa shape index (κ1) is 13.6. The minimum atomic E-state index is -3.20. The molecule has 1 aliphatic rings. The average molecular weight is 307 g/mol. The zero-order chi connectivity index (χ0) is 14.2. The summed E-state index contributed by atoms with van der Waals surface area (Å²) in [6.07, 6.45) is 3.45. The van der Waals surface area contributed by atoms with Gasteiger partial charge in [0.05, 0.1) is 16.6 Å². The molecule has 1 aromatic carbocycles. The maximum atomic E-state index is 12.0. The van der Waals surface area contributed by atoms with Gasteiger partial charge in [-0.3, -0.25) is 0 Å². The van der Waals surface area contributed by atoms with Crippen molar-refractivity contribution in [3.63, 3.8) is 0 Å². The van der Waals surface area contributed by atoms with Crippen LogP contribution in [0.25, 0.3) is 0 Å². The highest BCUT2D eigenvalue weighted by Crippen LogP contribution is 2.39. The summed E-state index contributed by atoms with van der Waals surface area (Å²) in [4.78, 5) is 2.67. The molecule has 0 amide bonds. The van der Waals surface area contributed by atoms with Crippen LogP contribution in [-0.4, -0.2) is 21.2 Å². The highest BCUT2D eigenvalue weighted by molar-refractivity contribution is 7.90. The first-order valence-electron chi connectivity index (χ1n) is 6.65. The van der Waals surface area contributed by atoms with Crippen LogP contribution in [0.5, 0.6) is 0 Å². The maximum absolute atomic E-state index is 12.0. The molecule has 0 spiro atoms.